The van der Waals surface area contributed by atoms with Crippen LogP contribution in [0.4, 0.5) is 5.69 Å². The average molecular weight is 396 g/mol. The largest absolute Gasteiger partial charge is 0.871 e. The Morgan fingerprint density at radius 3 is 2.57 bits per heavy atom. The van der Waals surface area contributed by atoms with Crippen LogP contribution in [0.2, 0.25) is 0 Å². The summed E-state index contributed by atoms with van der Waals surface area (Å²) in [5.41, 5.74) is 5.46. The Kier molecular flexibility index (Phi) is 3.91. The number of nitrogens with zero attached hydrogens (tertiary/aromatic N) is 2. The summed E-state index contributed by atoms with van der Waals surface area (Å²) < 4.78 is 4.08. The zero-order valence-corrected chi connectivity index (χ0v) is 17.7. The highest BCUT2D eigenvalue weighted by atomic mass is 16.3. The van der Waals surface area contributed by atoms with Crippen LogP contribution in [0.15, 0.2) is 72.1 Å². The van der Waals surface area contributed by atoms with Crippen LogP contribution in [0.3, 0.4) is 0 Å². The molecule has 1 aliphatic heterocycles. The minimum atomic E-state index is -0.228. The van der Waals surface area contributed by atoms with Gasteiger partial charge in [-0.1, -0.05) is 49.1 Å². The molecule has 4 nitrogen and oxygen atoms in total. The fraction of sp³-hybridized carbons (Fsp3) is 0.231. The normalized spacial score (nSPS) is 22.3. The lowest BCUT2D eigenvalue weighted by Crippen LogP contribution is -2.34. The Balaban J connectivity index is 1.64. The number of Topliss-reactive ketones (excluding diaryl/α,β-unsaturated/α-hetero) is 1. The van der Waals surface area contributed by atoms with E-state index in [-0.39, 0.29) is 22.5 Å². The lowest BCUT2D eigenvalue weighted by molar-refractivity contribution is -0.401. The lowest BCUT2D eigenvalue weighted by atomic mass is 9.75. The SMILES string of the molecule is CCC1(C)C(/C=C2/C(=O)C(c3cn(C)c4ccccc34)=C2[O-])=[N+](C)c2ccccc21. The van der Waals surface area contributed by atoms with E-state index in [2.05, 4.69) is 30.6 Å². The Bertz CT molecular complexity index is 1340. The molecule has 0 spiro atoms. The van der Waals surface area contributed by atoms with Gasteiger partial charge in [0.05, 0.1) is 5.41 Å². The van der Waals surface area contributed by atoms with Crippen molar-refractivity contribution in [3.8, 4) is 0 Å². The predicted octanol–water partition coefficient (Wildman–Crippen LogP) is 3.86. The van der Waals surface area contributed by atoms with E-state index < -0.39 is 0 Å². The van der Waals surface area contributed by atoms with Crippen LogP contribution in [0, 0.1) is 0 Å². The molecule has 3 aromatic rings. The lowest BCUT2D eigenvalue weighted by Gasteiger charge is -2.31. The van der Waals surface area contributed by atoms with Crippen molar-refractivity contribution in [1.29, 1.82) is 0 Å². The summed E-state index contributed by atoms with van der Waals surface area (Å²) in [6, 6.07) is 16.1. The summed E-state index contributed by atoms with van der Waals surface area (Å²) in [6.07, 6.45) is 4.59. The second kappa shape index (κ2) is 6.30. The summed E-state index contributed by atoms with van der Waals surface area (Å²) in [5, 5.41) is 14.1. The maximum Gasteiger partial charge on any atom is 0.209 e. The van der Waals surface area contributed by atoms with Gasteiger partial charge in [0.25, 0.3) is 0 Å². The monoisotopic (exact) mass is 396 g/mol. The molecule has 4 heteroatoms. The fourth-order valence-electron chi connectivity index (χ4n) is 4.96. The number of aryl methyl sites for hydroxylation is 1. The molecule has 0 bridgehead atoms. The molecule has 0 radical (unpaired) electrons. The number of aromatic nitrogens is 1. The number of carbonyl (C=O) groups excluding carboxylic acids is 1. The summed E-state index contributed by atoms with van der Waals surface area (Å²) in [4.78, 5) is 13.1. The van der Waals surface area contributed by atoms with E-state index >= 15 is 0 Å². The molecule has 30 heavy (non-hydrogen) atoms. The molecule has 1 unspecified atom stereocenters. The molecule has 2 aromatic carbocycles. The first kappa shape index (κ1) is 18.6. The molecule has 1 aliphatic carbocycles. The van der Waals surface area contributed by atoms with Gasteiger partial charge in [0, 0.05) is 58.6 Å². The van der Waals surface area contributed by atoms with E-state index in [0.29, 0.717) is 5.57 Å². The minimum Gasteiger partial charge on any atom is -0.871 e. The Hall–Kier alpha value is -3.40. The van der Waals surface area contributed by atoms with Crippen LogP contribution >= 0.6 is 0 Å². The molecule has 1 atom stereocenters. The molecular formula is C26H24N2O2. The van der Waals surface area contributed by atoms with Gasteiger partial charge in [0.15, 0.2) is 11.5 Å². The van der Waals surface area contributed by atoms with Crippen molar-refractivity contribution in [3.63, 3.8) is 0 Å². The van der Waals surface area contributed by atoms with Crippen molar-refractivity contribution < 1.29 is 14.5 Å². The molecular weight excluding hydrogens is 372 g/mol. The van der Waals surface area contributed by atoms with Gasteiger partial charge in [-0.25, -0.2) is 0 Å². The van der Waals surface area contributed by atoms with Gasteiger partial charge in [0.1, 0.15) is 7.05 Å². The summed E-state index contributed by atoms with van der Waals surface area (Å²) in [7, 11) is 3.94. The second-order valence-electron chi connectivity index (χ2n) is 8.41. The third-order valence-corrected chi connectivity index (χ3v) is 6.88. The molecule has 0 N–H and O–H groups in total. The number of para-hydroxylation sites is 2. The number of carbonyl (C=O) groups is 1. The Labute approximate surface area is 176 Å². The van der Waals surface area contributed by atoms with Gasteiger partial charge in [-0.15, -0.1) is 0 Å². The molecule has 1 aromatic heterocycles. The standard InChI is InChI=1S/C26H24N2O2/c1-5-26(2)19-11-7-9-13-21(19)28(4)22(26)14-17-24(29)23(25(17)30)18-15-27(3)20-12-8-6-10-16(18)20/h6-15H,5H2,1-4H3. The number of rotatable bonds is 3. The third-order valence-electron chi connectivity index (χ3n) is 6.88. The first-order chi connectivity index (χ1) is 14.4. The van der Waals surface area contributed by atoms with E-state index in [1.54, 1.807) is 0 Å². The van der Waals surface area contributed by atoms with E-state index in [9.17, 15) is 9.90 Å². The number of allylic oxidation sites excluding steroid dienone is 3. The first-order valence-corrected chi connectivity index (χ1v) is 10.3. The van der Waals surface area contributed by atoms with Gasteiger partial charge >= 0.3 is 0 Å². The van der Waals surface area contributed by atoms with Crippen molar-refractivity contribution in [2.45, 2.75) is 25.7 Å². The van der Waals surface area contributed by atoms with Crippen LogP contribution in [-0.4, -0.2) is 27.7 Å². The summed E-state index contributed by atoms with van der Waals surface area (Å²) >= 11 is 0. The maximum absolute atomic E-state index is 13.1. The van der Waals surface area contributed by atoms with Crippen LogP contribution in [0.1, 0.15) is 31.4 Å². The van der Waals surface area contributed by atoms with Crippen LogP contribution < -0.4 is 5.11 Å². The first-order valence-electron chi connectivity index (χ1n) is 10.3. The zero-order chi connectivity index (χ0) is 21.2. The number of fused-ring (bicyclic) bond motifs is 2. The number of hydrogen-bond donors (Lipinski definition) is 0. The zero-order valence-electron chi connectivity index (χ0n) is 17.7. The fourth-order valence-corrected chi connectivity index (χ4v) is 4.96. The van der Waals surface area contributed by atoms with Crippen LogP contribution in [0.5, 0.6) is 0 Å². The van der Waals surface area contributed by atoms with Crippen LogP contribution in [0.25, 0.3) is 16.5 Å². The van der Waals surface area contributed by atoms with Crippen molar-refractivity contribution in [2.24, 2.45) is 7.05 Å². The third kappa shape index (κ3) is 2.28. The highest BCUT2D eigenvalue weighted by molar-refractivity contribution is 6.41. The van der Waals surface area contributed by atoms with E-state index in [4.69, 9.17) is 0 Å². The summed E-state index contributed by atoms with van der Waals surface area (Å²) in [5.74, 6) is -0.321. The molecule has 0 saturated carbocycles. The van der Waals surface area contributed by atoms with Crippen LogP contribution in [-0.2, 0) is 17.3 Å². The quantitative estimate of drug-likeness (QED) is 0.499. The molecule has 150 valence electrons. The molecule has 0 saturated heterocycles. The smallest absolute Gasteiger partial charge is 0.209 e. The topological polar surface area (TPSA) is 48.1 Å². The van der Waals surface area contributed by atoms with Crippen molar-refractivity contribution >= 4 is 33.7 Å². The minimum absolute atomic E-state index is 0.160. The molecule has 0 amide bonds. The second-order valence-corrected chi connectivity index (χ2v) is 8.41. The number of benzene rings is 2. The maximum atomic E-state index is 13.1. The average Bonchev–Trinajstić information content (AvgIpc) is 3.20. The van der Waals surface area contributed by atoms with Crippen molar-refractivity contribution in [2.75, 3.05) is 7.05 Å². The van der Waals surface area contributed by atoms with Gasteiger partial charge in [-0.3, -0.25) is 4.79 Å². The van der Waals surface area contributed by atoms with Gasteiger partial charge in [-0.2, -0.15) is 4.58 Å². The van der Waals surface area contributed by atoms with Gasteiger partial charge in [-0.05, 0) is 19.4 Å². The molecule has 2 heterocycles. The van der Waals surface area contributed by atoms with Crippen molar-refractivity contribution in [3.05, 3.63) is 83.3 Å². The van der Waals surface area contributed by atoms with E-state index in [0.717, 1.165) is 34.3 Å². The molecule has 0 fully saturated rings. The Morgan fingerprint density at radius 2 is 1.83 bits per heavy atom. The highest BCUT2D eigenvalue weighted by Gasteiger charge is 2.46. The number of hydrogen-bond acceptors (Lipinski definition) is 2. The predicted molar refractivity (Wildman–Crippen MR) is 118 cm³/mol. The number of ketones is 1. The molecule has 5 rings (SSSR count). The van der Waals surface area contributed by atoms with Gasteiger partial charge < -0.3 is 9.67 Å². The van der Waals surface area contributed by atoms with E-state index in [1.165, 1.54) is 5.56 Å². The van der Waals surface area contributed by atoms with Gasteiger partial charge in [0.2, 0.25) is 5.69 Å². The molecule has 2 aliphatic rings. The highest BCUT2D eigenvalue weighted by Crippen LogP contribution is 2.44. The Morgan fingerprint density at radius 1 is 1.13 bits per heavy atom. The van der Waals surface area contributed by atoms with E-state index in [1.807, 2.05) is 67.3 Å². The van der Waals surface area contributed by atoms with Crippen molar-refractivity contribution in [1.82, 2.24) is 4.57 Å². The summed E-state index contributed by atoms with van der Waals surface area (Å²) in [6.45, 7) is 4.33.